The Balaban J connectivity index is 1.45. The number of carbonyl (C=O) groups is 1. The van der Waals surface area contributed by atoms with Crippen LogP contribution in [0, 0.1) is 5.92 Å². The summed E-state index contributed by atoms with van der Waals surface area (Å²) in [4.78, 5) is 16.3. The summed E-state index contributed by atoms with van der Waals surface area (Å²) < 4.78 is 5.17. The molecule has 0 bridgehead atoms. The molecule has 3 nitrogen and oxygen atoms in total. The molecule has 1 aromatic carbocycles. The first-order chi connectivity index (χ1) is 12.6. The number of amides is 1. The quantitative estimate of drug-likeness (QED) is 0.823. The van der Waals surface area contributed by atoms with Gasteiger partial charge in [-0.25, -0.2) is 0 Å². The van der Waals surface area contributed by atoms with Gasteiger partial charge in [-0.1, -0.05) is 19.1 Å². The van der Waals surface area contributed by atoms with Crippen molar-refractivity contribution in [3.05, 3.63) is 55.6 Å². The Morgan fingerprint density at radius 1 is 1.27 bits per heavy atom. The molecule has 0 saturated carbocycles. The van der Waals surface area contributed by atoms with Crippen molar-refractivity contribution in [2.75, 3.05) is 7.11 Å². The van der Waals surface area contributed by atoms with Gasteiger partial charge in [-0.2, -0.15) is 0 Å². The first-order valence-corrected chi connectivity index (χ1v) is 10.8. The van der Waals surface area contributed by atoms with Crippen molar-refractivity contribution in [1.82, 2.24) is 5.32 Å². The number of ether oxygens (including phenoxy) is 1. The molecule has 1 aliphatic carbocycles. The van der Waals surface area contributed by atoms with E-state index >= 15 is 0 Å². The van der Waals surface area contributed by atoms with Gasteiger partial charge in [0.1, 0.15) is 5.75 Å². The van der Waals surface area contributed by atoms with E-state index in [1.54, 1.807) is 29.3 Å². The van der Waals surface area contributed by atoms with Crippen molar-refractivity contribution in [2.24, 2.45) is 5.92 Å². The van der Waals surface area contributed by atoms with Gasteiger partial charge >= 0.3 is 0 Å². The number of benzene rings is 1. The van der Waals surface area contributed by atoms with Gasteiger partial charge in [0.15, 0.2) is 0 Å². The molecular formula is C21H23NO2S2. The molecule has 0 saturated heterocycles. The standard InChI is InChI=1S/C21H23NO2S2/c1-13-3-8-16-17-12-25-20(10-19(17)26-18(16)9-13)21(23)22-11-14-4-6-15(24-2)7-5-14/h4-7,10,13H,3,8-9,11-12H2,1-2H3,(H,22,23)/t13-/m1/s1. The average Bonchev–Trinajstić information content (AvgIpc) is 3.02. The summed E-state index contributed by atoms with van der Waals surface area (Å²) in [6.45, 7) is 2.87. The van der Waals surface area contributed by atoms with Crippen molar-refractivity contribution in [3.8, 4) is 5.75 Å². The highest BCUT2D eigenvalue weighted by Gasteiger charge is 2.26. The Labute approximate surface area is 162 Å². The van der Waals surface area contributed by atoms with E-state index in [1.807, 2.05) is 35.6 Å². The Morgan fingerprint density at radius 2 is 2.08 bits per heavy atom. The van der Waals surface area contributed by atoms with Crippen molar-refractivity contribution in [2.45, 2.75) is 38.5 Å². The van der Waals surface area contributed by atoms with Crippen LogP contribution < -0.4 is 10.1 Å². The molecule has 1 amide bonds. The van der Waals surface area contributed by atoms with Gasteiger partial charge in [-0.05, 0) is 60.1 Å². The number of rotatable bonds is 4. The van der Waals surface area contributed by atoms with Crippen LogP contribution in [-0.2, 0) is 29.9 Å². The third-order valence-electron chi connectivity index (χ3n) is 5.12. The van der Waals surface area contributed by atoms with E-state index < -0.39 is 0 Å². The summed E-state index contributed by atoms with van der Waals surface area (Å²) in [5.74, 6) is 2.56. The van der Waals surface area contributed by atoms with E-state index in [1.165, 1.54) is 29.7 Å². The molecule has 0 unspecified atom stereocenters. The van der Waals surface area contributed by atoms with Crippen LogP contribution in [0.2, 0.25) is 0 Å². The minimum Gasteiger partial charge on any atom is -0.497 e. The normalized spacial score (nSPS) is 18.5. The molecule has 26 heavy (non-hydrogen) atoms. The van der Waals surface area contributed by atoms with Crippen LogP contribution in [0.3, 0.4) is 0 Å². The zero-order valence-corrected chi connectivity index (χ0v) is 16.8. The number of carbonyl (C=O) groups excluding carboxylic acids is 1. The summed E-state index contributed by atoms with van der Waals surface area (Å²) in [7, 11) is 1.65. The molecule has 0 radical (unpaired) electrons. The molecule has 1 atom stereocenters. The second kappa shape index (κ2) is 7.49. The summed E-state index contributed by atoms with van der Waals surface area (Å²) in [5, 5.41) is 3.04. The molecule has 0 spiro atoms. The molecule has 2 aliphatic rings. The number of hydrogen-bond donors (Lipinski definition) is 1. The second-order valence-corrected chi connectivity index (χ2v) is 9.18. The maximum Gasteiger partial charge on any atom is 0.258 e. The zero-order valence-electron chi connectivity index (χ0n) is 15.1. The highest BCUT2D eigenvalue weighted by molar-refractivity contribution is 8.03. The smallest absolute Gasteiger partial charge is 0.258 e. The van der Waals surface area contributed by atoms with Gasteiger partial charge in [0.05, 0.1) is 12.0 Å². The third-order valence-corrected chi connectivity index (χ3v) is 7.41. The maximum atomic E-state index is 12.6. The Hall–Kier alpha value is -1.72. The van der Waals surface area contributed by atoms with Crippen LogP contribution in [0.1, 0.15) is 39.8 Å². The molecule has 5 heteroatoms. The lowest BCUT2D eigenvalue weighted by molar-refractivity contribution is -0.116. The first-order valence-electron chi connectivity index (χ1n) is 9.03. The number of fused-ring (bicyclic) bond motifs is 3. The summed E-state index contributed by atoms with van der Waals surface area (Å²) in [5.41, 5.74) is 4.12. The molecule has 1 aliphatic heterocycles. The summed E-state index contributed by atoms with van der Waals surface area (Å²) >= 11 is 3.57. The molecule has 1 aromatic heterocycles. The van der Waals surface area contributed by atoms with Crippen molar-refractivity contribution in [3.63, 3.8) is 0 Å². The number of methoxy groups -OCH3 is 1. The van der Waals surface area contributed by atoms with Gasteiger partial charge in [0.2, 0.25) is 0 Å². The Morgan fingerprint density at radius 3 is 2.85 bits per heavy atom. The highest BCUT2D eigenvalue weighted by atomic mass is 32.2. The van der Waals surface area contributed by atoms with E-state index in [9.17, 15) is 4.79 Å². The van der Waals surface area contributed by atoms with Crippen LogP contribution in [0.4, 0.5) is 0 Å². The van der Waals surface area contributed by atoms with Gasteiger partial charge < -0.3 is 10.1 Å². The largest absolute Gasteiger partial charge is 0.497 e. The number of nitrogens with one attached hydrogen (secondary N) is 1. The molecule has 136 valence electrons. The molecule has 1 N–H and O–H groups in total. The van der Waals surface area contributed by atoms with E-state index in [0.29, 0.717) is 6.54 Å². The zero-order chi connectivity index (χ0) is 18.1. The van der Waals surface area contributed by atoms with Crippen molar-refractivity contribution < 1.29 is 9.53 Å². The van der Waals surface area contributed by atoms with Crippen molar-refractivity contribution in [1.29, 1.82) is 0 Å². The Kier molecular flexibility index (Phi) is 5.09. The van der Waals surface area contributed by atoms with Gasteiger partial charge in [0.25, 0.3) is 5.91 Å². The predicted molar refractivity (Wildman–Crippen MR) is 110 cm³/mol. The SMILES string of the molecule is COc1ccc(CNC(=O)C2=Cc3sc4c(c3CS2)CC[C@@H](C)C4)cc1. The molecule has 4 rings (SSSR count). The highest BCUT2D eigenvalue weighted by Crippen LogP contribution is 2.43. The summed E-state index contributed by atoms with van der Waals surface area (Å²) in [6, 6.07) is 7.79. The number of thioether (sulfide) groups is 1. The molecular weight excluding hydrogens is 362 g/mol. The fourth-order valence-electron chi connectivity index (χ4n) is 3.57. The van der Waals surface area contributed by atoms with E-state index in [4.69, 9.17) is 4.74 Å². The van der Waals surface area contributed by atoms with Crippen LogP contribution in [0.5, 0.6) is 5.75 Å². The number of thiophene rings is 1. The van der Waals surface area contributed by atoms with Crippen molar-refractivity contribution >= 4 is 35.1 Å². The fraction of sp³-hybridized carbons (Fsp3) is 0.381. The lowest BCUT2D eigenvalue weighted by atomic mass is 9.88. The van der Waals surface area contributed by atoms with E-state index in [2.05, 4.69) is 18.3 Å². The van der Waals surface area contributed by atoms with Crippen LogP contribution in [0.25, 0.3) is 6.08 Å². The van der Waals surface area contributed by atoms with Crippen LogP contribution in [-0.4, -0.2) is 13.0 Å². The fourth-order valence-corrected chi connectivity index (χ4v) is 6.24. The second-order valence-electron chi connectivity index (χ2n) is 7.02. The van der Waals surface area contributed by atoms with Gasteiger partial charge in [-0.3, -0.25) is 4.79 Å². The summed E-state index contributed by atoms with van der Waals surface area (Å²) in [6.07, 6.45) is 5.79. The molecule has 2 aromatic rings. The van der Waals surface area contributed by atoms with Gasteiger partial charge in [-0.15, -0.1) is 23.1 Å². The minimum absolute atomic E-state index is 0.0243. The predicted octanol–water partition coefficient (Wildman–Crippen LogP) is 4.79. The average molecular weight is 386 g/mol. The topological polar surface area (TPSA) is 38.3 Å². The van der Waals surface area contributed by atoms with Gasteiger partial charge in [0, 0.05) is 22.1 Å². The minimum atomic E-state index is 0.0243. The molecule has 2 heterocycles. The van der Waals surface area contributed by atoms with E-state index in [0.717, 1.165) is 27.9 Å². The number of hydrogen-bond acceptors (Lipinski definition) is 4. The van der Waals surface area contributed by atoms with Crippen LogP contribution in [0.15, 0.2) is 29.2 Å². The maximum absolute atomic E-state index is 12.6. The third kappa shape index (κ3) is 3.55. The lowest BCUT2D eigenvalue weighted by Gasteiger charge is -2.20. The van der Waals surface area contributed by atoms with E-state index in [-0.39, 0.29) is 5.91 Å². The Bertz CT molecular complexity index is 852. The molecule has 0 fully saturated rings. The first kappa shape index (κ1) is 17.7. The lowest BCUT2D eigenvalue weighted by Crippen LogP contribution is -2.24. The monoisotopic (exact) mass is 385 g/mol. The van der Waals surface area contributed by atoms with Crippen LogP contribution >= 0.6 is 23.1 Å².